The van der Waals surface area contributed by atoms with Crippen molar-refractivity contribution in [1.82, 2.24) is 19.8 Å². The Bertz CT molecular complexity index is 928. The molecular formula is C15H19ClFN5O4S. The first-order chi connectivity index (χ1) is 12.6. The van der Waals surface area contributed by atoms with Gasteiger partial charge in [-0.2, -0.15) is 5.10 Å². The number of hydrogen-bond acceptors (Lipinski definition) is 6. The Balaban J connectivity index is 1.92. The molecule has 12 heteroatoms. The first kappa shape index (κ1) is 19.6. The van der Waals surface area contributed by atoms with Crippen LogP contribution >= 0.6 is 11.6 Å². The molecule has 3 heterocycles. The van der Waals surface area contributed by atoms with Crippen molar-refractivity contribution in [1.29, 1.82) is 0 Å². The van der Waals surface area contributed by atoms with Crippen LogP contribution in [0.15, 0.2) is 27.9 Å². The number of carbonyl (C=O) groups is 1. The van der Waals surface area contributed by atoms with E-state index in [0.717, 1.165) is 13.1 Å². The molecule has 0 aromatic carbocycles. The van der Waals surface area contributed by atoms with Gasteiger partial charge < -0.3 is 9.42 Å². The number of rotatable bonds is 4. The van der Waals surface area contributed by atoms with Gasteiger partial charge in [0.2, 0.25) is 14.8 Å². The van der Waals surface area contributed by atoms with Crippen LogP contribution in [0.2, 0.25) is 5.15 Å². The van der Waals surface area contributed by atoms with E-state index in [9.17, 15) is 13.2 Å². The van der Waals surface area contributed by atoms with Crippen molar-refractivity contribution in [2.75, 3.05) is 11.9 Å². The number of nitrogens with one attached hydrogen (secondary N) is 1. The zero-order valence-electron chi connectivity index (χ0n) is 14.7. The van der Waals surface area contributed by atoms with Crippen LogP contribution in [0.25, 0.3) is 0 Å². The topological polar surface area (TPSA) is 110 Å². The lowest BCUT2D eigenvalue weighted by Crippen LogP contribution is -2.57. The minimum absolute atomic E-state index is 0.156. The molecule has 0 bridgehead atoms. The highest BCUT2D eigenvalue weighted by Gasteiger charge is 2.53. The molecule has 1 aliphatic heterocycles. The number of alkyl halides is 1. The molecule has 0 spiro atoms. The number of hydrogen-bond donors (Lipinski definition) is 1. The highest BCUT2D eigenvalue weighted by atomic mass is 35.5. The Morgan fingerprint density at radius 3 is 2.81 bits per heavy atom. The smallest absolute Gasteiger partial charge is 0.323 e. The monoisotopic (exact) mass is 419 g/mol. The van der Waals surface area contributed by atoms with Crippen molar-refractivity contribution in [3.63, 3.8) is 0 Å². The van der Waals surface area contributed by atoms with Gasteiger partial charge in [-0.3, -0.25) is 10.00 Å². The van der Waals surface area contributed by atoms with Gasteiger partial charge >= 0.3 is 6.03 Å². The van der Waals surface area contributed by atoms with Crippen molar-refractivity contribution in [3.05, 3.63) is 23.7 Å². The second kappa shape index (κ2) is 7.12. The fourth-order valence-electron chi connectivity index (χ4n) is 3.18. The van der Waals surface area contributed by atoms with Crippen molar-refractivity contribution < 1.29 is 22.1 Å². The SMILES string of the molecule is Cn1cc(S(=O)(=O)C(C)(F)C2CCCCN2C(=O)Nc2ccon2)c(Cl)n1. The molecule has 1 aliphatic rings. The summed E-state index contributed by atoms with van der Waals surface area (Å²) in [5.41, 5.74) is 0. The average Bonchev–Trinajstić information content (AvgIpc) is 3.24. The van der Waals surface area contributed by atoms with Crippen LogP contribution in [0, 0.1) is 0 Å². The van der Waals surface area contributed by atoms with E-state index in [1.807, 2.05) is 0 Å². The molecule has 0 aliphatic carbocycles. The number of nitrogens with zero attached hydrogens (tertiary/aromatic N) is 4. The first-order valence-corrected chi connectivity index (χ1v) is 10.1. The molecule has 3 rings (SSSR count). The van der Waals surface area contributed by atoms with Gasteiger partial charge in [-0.15, -0.1) is 0 Å². The summed E-state index contributed by atoms with van der Waals surface area (Å²) < 4.78 is 47.6. The Labute approximate surface area is 160 Å². The molecular weight excluding hydrogens is 401 g/mol. The lowest BCUT2D eigenvalue weighted by molar-refractivity contribution is 0.0883. The van der Waals surface area contributed by atoms with E-state index in [-0.39, 0.29) is 23.9 Å². The number of amides is 2. The zero-order chi connectivity index (χ0) is 19.8. The number of anilines is 1. The maximum Gasteiger partial charge on any atom is 0.323 e. The summed E-state index contributed by atoms with van der Waals surface area (Å²) in [6.45, 7) is 1.17. The summed E-state index contributed by atoms with van der Waals surface area (Å²) in [7, 11) is -3.03. The van der Waals surface area contributed by atoms with E-state index in [1.165, 1.54) is 29.0 Å². The quantitative estimate of drug-likeness (QED) is 0.815. The number of carbonyl (C=O) groups excluding carboxylic acids is 1. The summed E-state index contributed by atoms with van der Waals surface area (Å²) in [4.78, 5) is 13.4. The van der Waals surface area contributed by atoms with Gasteiger partial charge in [0, 0.05) is 25.9 Å². The zero-order valence-corrected chi connectivity index (χ0v) is 16.3. The lowest BCUT2D eigenvalue weighted by atomic mass is 9.99. The second-order valence-electron chi connectivity index (χ2n) is 6.47. The molecule has 2 amide bonds. The lowest BCUT2D eigenvalue weighted by Gasteiger charge is -2.41. The van der Waals surface area contributed by atoms with Crippen LogP contribution in [0.4, 0.5) is 15.0 Å². The Morgan fingerprint density at radius 2 is 2.22 bits per heavy atom. The van der Waals surface area contributed by atoms with Gasteiger partial charge in [-0.25, -0.2) is 17.6 Å². The number of likely N-dealkylation sites (tertiary alicyclic amines) is 1. The van der Waals surface area contributed by atoms with E-state index in [0.29, 0.717) is 12.8 Å². The molecule has 1 N–H and O–H groups in total. The van der Waals surface area contributed by atoms with E-state index in [2.05, 4.69) is 20.1 Å². The summed E-state index contributed by atoms with van der Waals surface area (Å²) in [6, 6.07) is -0.415. The Kier molecular flexibility index (Phi) is 5.17. The minimum atomic E-state index is -4.51. The van der Waals surface area contributed by atoms with Gasteiger partial charge in [0.1, 0.15) is 11.2 Å². The number of sulfone groups is 1. The van der Waals surface area contributed by atoms with Crippen molar-refractivity contribution in [2.45, 2.75) is 42.1 Å². The average molecular weight is 420 g/mol. The van der Waals surface area contributed by atoms with Gasteiger partial charge in [0.25, 0.3) is 0 Å². The summed E-state index contributed by atoms with van der Waals surface area (Å²) in [6.07, 6.45) is 3.84. The fourth-order valence-corrected chi connectivity index (χ4v) is 5.24. The summed E-state index contributed by atoms with van der Waals surface area (Å²) >= 11 is 5.88. The molecule has 2 atom stereocenters. The third-order valence-corrected chi connectivity index (χ3v) is 7.19. The van der Waals surface area contributed by atoms with Gasteiger partial charge in [-0.05, 0) is 26.2 Å². The largest absolute Gasteiger partial charge is 0.363 e. The second-order valence-corrected chi connectivity index (χ2v) is 9.07. The normalized spacial score (nSPS) is 20.3. The van der Waals surface area contributed by atoms with E-state index >= 15 is 4.39 Å². The highest BCUT2D eigenvalue weighted by molar-refractivity contribution is 7.92. The van der Waals surface area contributed by atoms with Crippen molar-refractivity contribution in [2.24, 2.45) is 7.05 Å². The van der Waals surface area contributed by atoms with E-state index < -0.39 is 31.8 Å². The molecule has 2 unspecified atom stereocenters. The molecule has 9 nitrogen and oxygen atoms in total. The number of urea groups is 1. The van der Waals surface area contributed by atoms with Crippen LogP contribution in [0.5, 0.6) is 0 Å². The van der Waals surface area contributed by atoms with Crippen LogP contribution < -0.4 is 5.32 Å². The number of piperidine rings is 1. The highest BCUT2D eigenvalue weighted by Crippen LogP contribution is 2.39. The van der Waals surface area contributed by atoms with Crippen LogP contribution in [-0.2, 0) is 16.9 Å². The van der Waals surface area contributed by atoms with Crippen molar-refractivity contribution in [3.8, 4) is 0 Å². The van der Waals surface area contributed by atoms with E-state index in [4.69, 9.17) is 11.6 Å². The third-order valence-electron chi connectivity index (χ3n) is 4.60. The minimum Gasteiger partial charge on any atom is -0.363 e. The maximum absolute atomic E-state index is 15.8. The first-order valence-electron chi connectivity index (χ1n) is 8.25. The third kappa shape index (κ3) is 3.53. The van der Waals surface area contributed by atoms with Gasteiger partial charge in [-0.1, -0.05) is 16.8 Å². The molecule has 2 aromatic heterocycles. The molecule has 0 saturated carbocycles. The van der Waals surface area contributed by atoms with Crippen LogP contribution in [-0.4, -0.2) is 51.9 Å². The Hall–Kier alpha value is -2.14. The molecule has 0 radical (unpaired) electrons. The van der Waals surface area contributed by atoms with Crippen LogP contribution in [0.3, 0.4) is 0 Å². The molecule has 1 saturated heterocycles. The standard InChI is InChI=1S/C15H19ClFN5O4S/c1-15(17,27(24,25)10-9-21(2)19-13(10)16)11-5-3-4-7-22(11)14(23)18-12-6-8-26-20-12/h6,8-9,11H,3-5,7H2,1-2H3,(H,18,20,23). The molecule has 1 fully saturated rings. The van der Waals surface area contributed by atoms with Gasteiger partial charge in [0.05, 0.1) is 6.04 Å². The Morgan fingerprint density at radius 1 is 1.48 bits per heavy atom. The number of aryl methyl sites for hydroxylation is 1. The van der Waals surface area contributed by atoms with Crippen LogP contribution in [0.1, 0.15) is 26.2 Å². The summed E-state index contributed by atoms with van der Waals surface area (Å²) in [5.74, 6) is 0.156. The fraction of sp³-hybridized carbons (Fsp3) is 0.533. The molecule has 2 aromatic rings. The molecule has 27 heavy (non-hydrogen) atoms. The predicted octanol–water partition coefficient (Wildman–Crippen LogP) is 2.61. The van der Waals surface area contributed by atoms with Crippen molar-refractivity contribution >= 4 is 33.3 Å². The predicted molar refractivity (Wildman–Crippen MR) is 94.8 cm³/mol. The van der Waals surface area contributed by atoms with Gasteiger partial charge in [0.15, 0.2) is 11.0 Å². The number of halogens is 2. The molecule has 148 valence electrons. The maximum atomic E-state index is 15.8. The number of aromatic nitrogens is 3. The summed E-state index contributed by atoms with van der Waals surface area (Å²) in [5, 5.41) is 6.75. The van der Waals surface area contributed by atoms with E-state index in [1.54, 1.807) is 0 Å².